The van der Waals surface area contributed by atoms with Gasteiger partial charge in [0, 0.05) is 12.2 Å². The molecule has 0 spiro atoms. The molecule has 3 nitrogen and oxygen atoms in total. The molecule has 0 radical (unpaired) electrons. The fraction of sp³-hybridized carbons (Fsp3) is 0.133. The van der Waals surface area contributed by atoms with Crippen molar-refractivity contribution in [2.45, 2.75) is 6.10 Å². The highest BCUT2D eigenvalue weighted by Crippen LogP contribution is 2.21. The summed E-state index contributed by atoms with van der Waals surface area (Å²) in [7, 11) is 0. The van der Waals surface area contributed by atoms with Crippen LogP contribution in [0, 0.1) is 17.1 Å². The molecule has 0 aliphatic carbocycles. The van der Waals surface area contributed by atoms with Crippen LogP contribution in [0.1, 0.15) is 17.2 Å². The summed E-state index contributed by atoms with van der Waals surface area (Å²) in [6, 6.07) is 12.6. The number of anilines is 1. The zero-order valence-corrected chi connectivity index (χ0v) is 11.2. The van der Waals surface area contributed by atoms with E-state index in [-0.39, 0.29) is 12.4 Å². The van der Waals surface area contributed by atoms with Gasteiger partial charge in [0.25, 0.3) is 0 Å². The van der Waals surface area contributed by atoms with Crippen LogP contribution in [0.25, 0.3) is 0 Å². The minimum atomic E-state index is -0.759. The standard InChI is InChI=1S/C15H12ClFN2O/c16-14-7-13(6-3-11(14)8-18)19-9-15(20)10-1-4-12(17)5-2-10/h1-7,15,19-20H,9H2. The fourth-order valence-corrected chi connectivity index (χ4v) is 1.96. The first-order chi connectivity index (χ1) is 9.60. The monoisotopic (exact) mass is 290 g/mol. The van der Waals surface area contributed by atoms with Crippen molar-refractivity contribution < 1.29 is 9.50 Å². The fourth-order valence-electron chi connectivity index (χ4n) is 1.73. The van der Waals surface area contributed by atoms with Crippen molar-refractivity contribution in [3.63, 3.8) is 0 Å². The third-order valence-corrected chi connectivity index (χ3v) is 3.16. The van der Waals surface area contributed by atoms with E-state index in [9.17, 15) is 9.50 Å². The van der Waals surface area contributed by atoms with Crippen LogP contribution >= 0.6 is 11.6 Å². The van der Waals surface area contributed by atoms with Gasteiger partial charge in [0.2, 0.25) is 0 Å². The number of aliphatic hydroxyl groups excluding tert-OH is 1. The van der Waals surface area contributed by atoms with E-state index in [2.05, 4.69) is 5.32 Å². The second kappa shape index (κ2) is 6.38. The number of aliphatic hydroxyl groups is 1. The highest BCUT2D eigenvalue weighted by Gasteiger charge is 2.08. The number of nitrogens with one attached hydrogen (secondary N) is 1. The van der Waals surface area contributed by atoms with Crippen molar-refractivity contribution in [1.82, 2.24) is 0 Å². The first-order valence-corrected chi connectivity index (χ1v) is 6.35. The average molecular weight is 291 g/mol. The molecule has 2 aromatic rings. The first kappa shape index (κ1) is 14.3. The molecule has 20 heavy (non-hydrogen) atoms. The van der Waals surface area contributed by atoms with E-state index in [0.29, 0.717) is 21.8 Å². The highest BCUT2D eigenvalue weighted by molar-refractivity contribution is 6.32. The van der Waals surface area contributed by atoms with Gasteiger partial charge in [-0.1, -0.05) is 23.7 Å². The zero-order chi connectivity index (χ0) is 14.5. The van der Waals surface area contributed by atoms with E-state index >= 15 is 0 Å². The second-order valence-electron chi connectivity index (χ2n) is 4.25. The molecule has 5 heteroatoms. The molecule has 0 saturated heterocycles. The van der Waals surface area contributed by atoms with Gasteiger partial charge in [0.1, 0.15) is 11.9 Å². The van der Waals surface area contributed by atoms with Crippen molar-refractivity contribution in [2.24, 2.45) is 0 Å². The summed E-state index contributed by atoms with van der Waals surface area (Å²) in [5, 5.41) is 22.1. The van der Waals surface area contributed by atoms with E-state index in [1.165, 1.54) is 24.3 Å². The van der Waals surface area contributed by atoms with Crippen LogP contribution in [0.2, 0.25) is 5.02 Å². The third-order valence-electron chi connectivity index (χ3n) is 2.84. The minimum Gasteiger partial charge on any atom is -0.387 e. The SMILES string of the molecule is N#Cc1ccc(NCC(O)c2ccc(F)cc2)cc1Cl. The Labute approximate surface area is 121 Å². The van der Waals surface area contributed by atoms with Gasteiger partial charge in [-0.2, -0.15) is 5.26 Å². The average Bonchev–Trinajstić information content (AvgIpc) is 2.45. The summed E-state index contributed by atoms with van der Waals surface area (Å²) in [5.74, 6) is -0.340. The van der Waals surface area contributed by atoms with Crippen LogP contribution in [0.4, 0.5) is 10.1 Å². The van der Waals surface area contributed by atoms with Crippen LogP contribution in [0.3, 0.4) is 0 Å². The van der Waals surface area contributed by atoms with E-state index in [4.69, 9.17) is 16.9 Å². The van der Waals surface area contributed by atoms with Gasteiger partial charge in [-0.3, -0.25) is 0 Å². The van der Waals surface area contributed by atoms with Gasteiger partial charge in [-0.15, -0.1) is 0 Å². The maximum Gasteiger partial charge on any atom is 0.123 e. The Hall–Kier alpha value is -2.09. The molecule has 0 aliphatic rings. The second-order valence-corrected chi connectivity index (χ2v) is 4.66. The summed E-state index contributed by atoms with van der Waals surface area (Å²) in [6.45, 7) is 0.258. The number of nitrogens with zero attached hydrogens (tertiary/aromatic N) is 1. The Bertz CT molecular complexity index is 637. The zero-order valence-electron chi connectivity index (χ0n) is 10.5. The number of benzene rings is 2. The summed E-state index contributed by atoms with van der Waals surface area (Å²) in [5.41, 5.74) is 1.73. The minimum absolute atomic E-state index is 0.258. The van der Waals surface area contributed by atoms with E-state index in [1.807, 2.05) is 6.07 Å². The molecule has 0 saturated carbocycles. The number of halogens is 2. The third kappa shape index (κ3) is 3.47. The lowest BCUT2D eigenvalue weighted by Gasteiger charge is -2.13. The van der Waals surface area contributed by atoms with Gasteiger partial charge in [0.05, 0.1) is 16.7 Å². The van der Waals surface area contributed by atoms with Crippen molar-refractivity contribution in [3.8, 4) is 6.07 Å². The number of nitriles is 1. The number of rotatable bonds is 4. The van der Waals surface area contributed by atoms with E-state index in [1.54, 1.807) is 18.2 Å². The Morgan fingerprint density at radius 3 is 2.55 bits per heavy atom. The molecule has 0 heterocycles. The molecule has 0 aliphatic heterocycles. The van der Waals surface area contributed by atoms with Gasteiger partial charge >= 0.3 is 0 Å². The molecule has 1 unspecified atom stereocenters. The molecule has 1 atom stereocenters. The van der Waals surface area contributed by atoms with Crippen molar-refractivity contribution >= 4 is 17.3 Å². The predicted molar refractivity (Wildman–Crippen MR) is 76.0 cm³/mol. The molecule has 2 rings (SSSR count). The summed E-state index contributed by atoms with van der Waals surface area (Å²) in [6.07, 6.45) is -0.759. The Balaban J connectivity index is 2.00. The van der Waals surface area contributed by atoms with E-state index in [0.717, 1.165) is 0 Å². The summed E-state index contributed by atoms with van der Waals surface area (Å²) in [4.78, 5) is 0. The van der Waals surface area contributed by atoms with Crippen molar-refractivity contribution in [3.05, 3.63) is 64.4 Å². The largest absolute Gasteiger partial charge is 0.387 e. The quantitative estimate of drug-likeness (QED) is 0.906. The van der Waals surface area contributed by atoms with Gasteiger partial charge in [0.15, 0.2) is 0 Å². The lowest BCUT2D eigenvalue weighted by Crippen LogP contribution is -2.12. The first-order valence-electron chi connectivity index (χ1n) is 5.97. The van der Waals surface area contributed by atoms with Crippen LogP contribution < -0.4 is 5.32 Å². The van der Waals surface area contributed by atoms with Crippen LogP contribution in [-0.4, -0.2) is 11.7 Å². The maximum atomic E-state index is 12.8. The molecule has 2 aromatic carbocycles. The maximum absolute atomic E-state index is 12.8. The van der Waals surface area contributed by atoms with Gasteiger partial charge < -0.3 is 10.4 Å². The van der Waals surface area contributed by atoms with Gasteiger partial charge in [-0.05, 0) is 35.9 Å². The number of hydrogen-bond donors (Lipinski definition) is 2. The van der Waals surface area contributed by atoms with Gasteiger partial charge in [-0.25, -0.2) is 4.39 Å². The molecule has 0 bridgehead atoms. The smallest absolute Gasteiger partial charge is 0.123 e. The Kier molecular flexibility index (Phi) is 4.57. The van der Waals surface area contributed by atoms with E-state index < -0.39 is 6.10 Å². The molecule has 0 fully saturated rings. The number of hydrogen-bond acceptors (Lipinski definition) is 3. The molecular weight excluding hydrogens is 279 g/mol. The molecule has 2 N–H and O–H groups in total. The van der Waals surface area contributed by atoms with Crippen LogP contribution in [0.15, 0.2) is 42.5 Å². The Morgan fingerprint density at radius 2 is 1.95 bits per heavy atom. The molecule has 102 valence electrons. The highest BCUT2D eigenvalue weighted by atomic mass is 35.5. The topological polar surface area (TPSA) is 56.0 Å². The van der Waals surface area contributed by atoms with Crippen molar-refractivity contribution in [2.75, 3.05) is 11.9 Å². The lowest BCUT2D eigenvalue weighted by atomic mass is 10.1. The summed E-state index contributed by atoms with van der Waals surface area (Å²) < 4.78 is 12.8. The molecule has 0 aromatic heterocycles. The lowest BCUT2D eigenvalue weighted by molar-refractivity contribution is 0.191. The summed E-state index contributed by atoms with van der Waals surface area (Å²) >= 11 is 5.91. The van der Waals surface area contributed by atoms with Crippen LogP contribution in [-0.2, 0) is 0 Å². The normalized spacial score (nSPS) is 11.7. The Morgan fingerprint density at radius 1 is 1.25 bits per heavy atom. The predicted octanol–water partition coefficient (Wildman–Crippen LogP) is 3.50. The van der Waals surface area contributed by atoms with Crippen molar-refractivity contribution in [1.29, 1.82) is 5.26 Å². The molecule has 0 amide bonds. The van der Waals surface area contributed by atoms with Crippen LogP contribution in [0.5, 0.6) is 0 Å². The molecular formula is C15H12ClFN2O.